The van der Waals surface area contributed by atoms with Gasteiger partial charge >= 0.3 is 6.18 Å². The summed E-state index contributed by atoms with van der Waals surface area (Å²) >= 11 is 9.62. The molecule has 29 heavy (non-hydrogen) atoms. The Bertz CT molecular complexity index is 1080. The highest BCUT2D eigenvalue weighted by Crippen LogP contribution is 2.35. The van der Waals surface area contributed by atoms with Crippen molar-refractivity contribution < 1.29 is 18.0 Å². The number of hydrogen-bond acceptors (Lipinski definition) is 3. The summed E-state index contributed by atoms with van der Waals surface area (Å²) in [5.41, 5.74) is -0.398. The quantitative estimate of drug-likeness (QED) is 0.523. The summed E-state index contributed by atoms with van der Waals surface area (Å²) in [5, 5.41) is 3.95. The zero-order valence-electron chi connectivity index (χ0n) is 15.0. The van der Waals surface area contributed by atoms with Crippen LogP contribution in [0.25, 0.3) is 16.9 Å². The van der Waals surface area contributed by atoms with Crippen molar-refractivity contribution in [3.05, 3.63) is 51.2 Å². The molecule has 1 aromatic carbocycles. The Morgan fingerprint density at radius 1 is 1.17 bits per heavy atom. The summed E-state index contributed by atoms with van der Waals surface area (Å²) in [6.45, 7) is 1.28. The van der Waals surface area contributed by atoms with Gasteiger partial charge in [0.15, 0.2) is 11.3 Å². The lowest BCUT2D eigenvalue weighted by Crippen LogP contribution is -2.29. The predicted octanol–water partition coefficient (Wildman–Crippen LogP) is 5.00. The Morgan fingerprint density at radius 3 is 2.45 bits per heavy atom. The van der Waals surface area contributed by atoms with Crippen molar-refractivity contribution >= 4 is 39.1 Å². The van der Waals surface area contributed by atoms with E-state index in [0.29, 0.717) is 23.2 Å². The second-order valence-electron chi connectivity index (χ2n) is 6.79. The molecule has 0 atom stereocenters. The Morgan fingerprint density at radius 2 is 1.83 bits per heavy atom. The minimum atomic E-state index is -4.67. The maximum atomic E-state index is 13.7. The number of halogens is 5. The van der Waals surface area contributed by atoms with Crippen LogP contribution in [0.1, 0.15) is 24.2 Å². The molecule has 0 aliphatic carbocycles. The lowest BCUT2D eigenvalue weighted by molar-refractivity contribution is -0.142. The molecular formula is C19H15BrClF3N4O. The summed E-state index contributed by atoms with van der Waals surface area (Å²) in [6.07, 6.45) is -2.99. The van der Waals surface area contributed by atoms with Crippen LogP contribution in [0.5, 0.6) is 0 Å². The Kier molecular flexibility index (Phi) is 5.29. The third kappa shape index (κ3) is 3.98. The molecule has 0 bridgehead atoms. The highest BCUT2D eigenvalue weighted by Gasteiger charge is 2.36. The highest BCUT2D eigenvalue weighted by molar-refractivity contribution is 9.10. The summed E-state index contributed by atoms with van der Waals surface area (Å²) < 4.78 is 42.6. The number of nitrogens with zero attached hydrogens (tertiary/aromatic N) is 4. The zero-order valence-corrected chi connectivity index (χ0v) is 17.4. The van der Waals surface area contributed by atoms with E-state index in [1.165, 1.54) is 0 Å². The summed E-state index contributed by atoms with van der Waals surface area (Å²) in [6, 6.07) is 7.68. The van der Waals surface area contributed by atoms with E-state index in [0.717, 1.165) is 23.4 Å². The number of fused-ring (bicyclic) bond motifs is 1. The van der Waals surface area contributed by atoms with Crippen molar-refractivity contribution in [2.75, 3.05) is 13.1 Å². The number of alkyl halides is 3. The zero-order chi connectivity index (χ0) is 20.8. The highest BCUT2D eigenvalue weighted by atomic mass is 79.9. The molecule has 2 aromatic heterocycles. The third-order valence-electron chi connectivity index (χ3n) is 4.81. The molecule has 1 aliphatic heterocycles. The third-order valence-corrected chi connectivity index (χ3v) is 5.72. The lowest BCUT2D eigenvalue weighted by Gasteiger charge is -2.14. The fraction of sp³-hybridized carbons (Fsp3) is 0.316. The lowest BCUT2D eigenvalue weighted by atomic mass is 10.1. The Labute approximate surface area is 177 Å². The SMILES string of the molecule is O=C(Cc1nn2c(C(F)(F)F)cc(-c3ccc(Br)cc3)nc2c1Cl)N1CCCC1. The summed E-state index contributed by atoms with van der Waals surface area (Å²) in [5.74, 6) is -0.200. The van der Waals surface area contributed by atoms with Crippen molar-refractivity contribution in [3.8, 4) is 11.3 Å². The van der Waals surface area contributed by atoms with E-state index >= 15 is 0 Å². The van der Waals surface area contributed by atoms with Gasteiger partial charge < -0.3 is 4.90 Å². The topological polar surface area (TPSA) is 50.5 Å². The first-order valence-electron chi connectivity index (χ1n) is 8.93. The Hall–Kier alpha value is -2.13. The minimum Gasteiger partial charge on any atom is -0.342 e. The maximum absolute atomic E-state index is 13.7. The van der Waals surface area contributed by atoms with Gasteiger partial charge in [-0.05, 0) is 31.0 Å². The van der Waals surface area contributed by atoms with Gasteiger partial charge in [0.2, 0.25) is 5.91 Å². The number of hydrogen-bond donors (Lipinski definition) is 0. The van der Waals surface area contributed by atoms with Crippen LogP contribution in [0.15, 0.2) is 34.8 Å². The molecule has 0 N–H and O–H groups in total. The van der Waals surface area contributed by atoms with Gasteiger partial charge in [-0.1, -0.05) is 39.7 Å². The molecule has 3 aromatic rings. The number of carbonyl (C=O) groups excluding carboxylic acids is 1. The molecule has 1 amide bonds. The number of aromatic nitrogens is 3. The maximum Gasteiger partial charge on any atom is 0.433 e. The van der Waals surface area contributed by atoms with Crippen LogP contribution < -0.4 is 0 Å². The molecule has 10 heteroatoms. The van der Waals surface area contributed by atoms with Crippen LogP contribution in [0.2, 0.25) is 5.02 Å². The molecule has 152 valence electrons. The second kappa shape index (κ2) is 7.60. The number of benzene rings is 1. The van der Waals surface area contributed by atoms with Gasteiger partial charge in [-0.15, -0.1) is 0 Å². The normalized spacial score (nSPS) is 14.7. The van der Waals surface area contributed by atoms with Gasteiger partial charge in [0.1, 0.15) is 5.02 Å². The molecule has 3 heterocycles. The van der Waals surface area contributed by atoms with Gasteiger partial charge in [-0.3, -0.25) is 4.79 Å². The molecule has 1 aliphatic rings. The fourth-order valence-corrected chi connectivity index (χ4v) is 3.83. The van der Waals surface area contributed by atoms with Gasteiger partial charge in [0.05, 0.1) is 17.8 Å². The molecule has 0 unspecified atom stereocenters. The molecule has 0 spiro atoms. The van der Waals surface area contributed by atoms with E-state index in [9.17, 15) is 18.0 Å². The van der Waals surface area contributed by atoms with E-state index in [2.05, 4.69) is 26.0 Å². The van der Waals surface area contributed by atoms with Gasteiger partial charge in [0, 0.05) is 23.1 Å². The first kappa shape index (κ1) is 20.2. The smallest absolute Gasteiger partial charge is 0.342 e. The van der Waals surface area contributed by atoms with Crippen LogP contribution in [0.4, 0.5) is 13.2 Å². The van der Waals surface area contributed by atoms with E-state index in [1.54, 1.807) is 29.2 Å². The van der Waals surface area contributed by atoms with Crippen LogP contribution >= 0.6 is 27.5 Å². The molecule has 1 fully saturated rings. The molecule has 1 saturated heterocycles. The van der Waals surface area contributed by atoms with Gasteiger partial charge in [-0.2, -0.15) is 18.3 Å². The molecule has 0 radical (unpaired) electrons. The monoisotopic (exact) mass is 486 g/mol. The first-order valence-corrected chi connectivity index (χ1v) is 10.1. The van der Waals surface area contributed by atoms with Crippen LogP contribution in [-0.2, 0) is 17.4 Å². The fourth-order valence-electron chi connectivity index (χ4n) is 3.34. The standard InChI is InChI=1S/C19H15BrClF3N4O/c20-12-5-3-11(4-6-12)13-9-15(19(22,23)24)28-18(25-13)17(21)14(26-28)10-16(29)27-7-1-2-8-27/h3-6,9H,1-2,7-8,10H2. The Balaban J connectivity index is 1.81. The molecule has 4 rings (SSSR count). The van der Waals surface area contributed by atoms with Gasteiger partial charge in [0.25, 0.3) is 0 Å². The second-order valence-corrected chi connectivity index (χ2v) is 8.09. The van der Waals surface area contributed by atoms with Crippen molar-refractivity contribution in [1.82, 2.24) is 19.5 Å². The summed E-state index contributed by atoms with van der Waals surface area (Å²) in [4.78, 5) is 18.4. The average molecular weight is 488 g/mol. The van der Waals surface area contributed by atoms with E-state index < -0.39 is 11.9 Å². The molecule has 5 nitrogen and oxygen atoms in total. The van der Waals surface area contributed by atoms with Crippen molar-refractivity contribution in [2.45, 2.75) is 25.4 Å². The molecule has 0 saturated carbocycles. The summed E-state index contributed by atoms with van der Waals surface area (Å²) in [7, 11) is 0. The first-order chi connectivity index (χ1) is 13.7. The van der Waals surface area contributed by atoms with Crippen LogP contribution in [-0.4, -0.2) is 38.5 Å². The van der Waals surface area contributed by atoms with Crippen molar-refractivity contribution in [2.24, 2.45) is 0 Å². The van der Waals surface area contributed by atoms with Crippen LogP contribution in [0.3, 0.4) is 0 Å². The van der Waals surface area contributed by atoms with E-state index in [1.807, 2.05) is 0 Å². The number of amides is 1. The predicted molar refractivity (Wildman–Crippen MR) is 106 cm³/mol. The van der Waals surface area contributed by atoms with Gasteiger partial charge in [-0.25, -0.2) is 9.50 Å². The number of carbonyl (C=O) groups is 1. The van der Waals surface area contributed by atoms with E-state index in [4.69, 9.17) is 11.6 Å². The largest absolute Gasteiger partial charge is 0.433 e. The molecular weight excluding hydrogens is 473 g/mol. The average Bonchev–Trinajstić information content (AvgIpc) is 3.30. The number of rotatable bonds is 3. The van der Waals surface area contributed by atoms with Crippen molar-refractivity contribution in [3.63, 3.8) is 0 Å². The minimum absolute atomic E-state index is 0.0398. The number of likely N-dealkylation sites (tertiary alicyclic amines) is 1. The van der Waals surface area contributed by atoms with Crippen molar-refractivity contribution in [1.29, 1.82) is 0 Å². The van der Waals surface area contributed by atoms with Crippen LogP contribution in [0, 0.1) is 0 Å². The van der Waals surface area contributed by atoms with E-state index in [-0.39, 0.29) is 34.4 Å².